The van der Waals surface area contributed by atoms with E-state index in [9.17, 15) is 61.0 Å². The second kappa shape index (κ2) is 12.4. The summed E-state index contributed by atoms with van der Waals surface area (Å²) in [6.07, 6.45) is -16.4. The molecule has 15 heteroatoms. The third kappa shape index (κ3) is 6.23. The molecular formula is C20H35NO14. The van der Waals surface area contributed by atoms with Gasteiger partial charge in [-0.05, 0) is 12.5 Å². The number of hydrogen-bond donors (Lipinski definition) is 12. The number of ether oxygens (including phenoxy) is 2. The van der Waals surface area contributed by atoms with E-state index in [0.717, 1.165) is 6.92 Å². The number of hydrogen-bond acceptors (Lipinski definition) is 15. The number of rotatable bonds is 11. The Balaban J connectivity index is 2.26. The largest absolute Gasteiger partial charge is 0.394 e. The van der Waals surface area contributed by atoms with Gasteiger partial charge in [0, 0.05) is 0 Å². The molecule has 1 heterocycles. The molecule has 0 aromatic heterocycles. The van der Waals surface area contributed by atoms with E-state index in [1.54, 1.807) is 0 Å². The summed E-state index contributed by atoms with van der Waals surface area (Å²) in [6, 6.07) is -2.47. The Morgan fingerprint density at radius 3 is 2.23 bits per heavy atom. The molecule has 0 bridgehead atoms. The van der Waals surface area contributed by atoms with Gasteiger partial charge >= 0.3 is 0 Å². The topological polar surface area (TPSA) is 270 Å². The smallest absolute Gasteiger partial charge is 0.187 e. The lowest BCUT2D eigenvalue weighted by atomic mass is 9.86. The minimum Gasteiger partial charge on any atom is -0.394 e. The number of aliphatic hydroxyl groups is 11. The van der Waals surface area contributed by atoms with E-state index in [-0.39, 0.29) is 11.9 Å². The van der Waals surface area contributed by atoms with Gasteiger partial charge in [0.25, 0.3) is 0 Å². The Hall–Kier alpha value is -1.15. The lowest BCUT2D eigenvalue weighted by molar-refractivity contribution is -0.322. The normalized spacial score (nSPS) is 40.3. The lowest BCUT2D eigenvalue weighted by Gasteiger charge is -2.47. The molecule has 13 atom stereocenters. The molecule has 0 aromatic rings. The first-order valence-electron chi connectivity index (χ1n) is 10.9. The molecule has 13 unspecified atom stereocenters. The quantitative estimate of drug-likeness (QED) is 0.0903. The highest BCUT2D eigenvalue weighted by Crippen LogP contribution is 2.29. The molecule has 1 aliphatic carbocycles. The standard InChI is InChI=1S/C20H35NO14/c1-20(33,11(27)6-25)18(9(26)4-23)35-19-17(32)15(30)12(10(5-24)34-19)21-8-2-7(3-22)13(28)16(31)14(8)29/h2,6,8-19,21-24,26-33H,3-5H2,1H3. The lowest BCUT2D eigenvalue weighted by Crippen LogP contribution is -2.69. The summed E-state index contributed by atoms with van der Waals surface area (Å²) < 4.78 is 10.8. The molecule has 2 aliphatic rings. The van der Waals surface area contributed by atoms with Gasteiger partial charge in [-0.1, -0.05) is 6.08 Å². The maximum absolute atomic E-state index is 11.0. The third-order valence-corrected chi connectivity index (χ3v) is 6.39. The summed E-state index contributed by atoms with van der Waals surface area (Å²) in [5.74, 6) is 0. The highest BCUT2D eigenvalue weighted by Gasteiger charge is 2.51. The second-order valence-corrected chi connectivity index (χ2v) is 8.86. The minimum absolute atomic E-state index is 0.0226. The Morgan fingerprint density at radius 2 is 1.71 bits per heavy atom. The maximum atomic E-state index is 11.0. The zero-order chi connectivity index (χ0) is 26.7. The Morgan fingerprint density at radius 1 is 1.09 bits per heavy atom. The van der Waals surface area contributed by atoms with Crippen LogP contribution in [0.25, 0.3) is 0 Å². The van der Waals surface area contributed by atoms with Crippen LogP contribution in [0.1, 0.15) is 6.92 Å². The van der Waals surface area contributed by atoms with Gasteiger partial charge in [-0.3, -0.25) is 0 Å². The Labute approximate surface area is 200 Å². The van der Waals surface area contributed by atoms with Crippen LogP contribution >= 0.6 is 0 Å². The van der Waals surface area contributed by atoms with Gasteiger partial charge in [-0.2, -0.15) is 0 Å². The number of carbonyl (C=O) groups is 1. The zero-order valence-corrected chi connectivity index (χ0v) is 18.8. The van der Waals surface area contributed by atoms with Crippen molar-refractivity contribution < 1.29 is 70.4 Å². The van der Waals surface area contributed by atoms with E-state index in [2.05, 4.69) is 5.32 Å². The van der Waals surface area contributed by atoms with Crippen LogP contribution in [0.2, 0.25) is 0 Å². The van der Waals surface area contributed by atoms with Crippen molar-refractivity contribution >= 4 is 6.29 Å². The van der Waals surface area contributed by atoms with E-state index >= 15 is 0 Å². The highest BCUT2D eigenvalue weighted by molar-refractivity contribution is 5.58. The van der Waals surface area contributed by atoms with Crippen molar-refractivity contribution in [1.82, 2.24) is 5.32 Å². The summed E-state index contributed by atoms with van der Waals surface area (Å²) in [7, 11) is 0. The highest BCUT2D eigenvalue weighted by atomic mass is 16.7. The fourth-order valence-electron chi connectivity index (χ4n) is 4.13. The summed E-state index contributed by atoms with van der Waals surface area (Å²) >= 11 is 0. The van der Waals surface area contributed by atoms with Crippen LogP contribution in [0.4, 0.5) is 0 Å². The molecule has 1 aliphatic heterocycles. The first-order chi connectivity index (χ1) is 16.3. The van der Waals surface area contributed by atoms with Crippen molar-refractivity contribution in [3.05, 3.63) is 11.6 Å². The van der Waals surface area contributed by atoms with Crippen LogP contribution in [0.15, 0.2) is 11.6 Å². The number of nitrogens with one attached hydrogen (secondary N) is 1. The molecular weight excluding hydrogens is 478 g/mol. The van der Waals surface area contributed by atoms with Crippen LogP contribution in [-0.4, -0.2) is 161 Å². The molecule has 1 saturated heterocycles. The van der Waals surface area contributed by atoms with Crippen LogP contribution in [0.5, 0.6) is 0 Å². The van der Waals surface area contributed by atoms with Gasteiger partial charge in [0.1, 0.15) is 60.5 Å². The van der Waals surface area contributed by atoms with E-state index in [1.807, 2.05) is 0 Å². The average Bonchev–Trinajstić information content (AvgIpc) is 2.84. The van der Waals surface area contributed by atoms with Gasteiger partial charge in [-0.25, -0.2) is 0 Å². The van der Waals surface area contributed by atoms with E-state index in [4.69, 9.17) is 9.47 Å². The molecule has 0 radical (unpaired) electrons. The van der Waals surface area contributed by atoms with Crippen molar-refractivity contribution in [3.8, 4) is 0 Å². The number of aldehydes is 1. The molecule has 0 amide bonds. The SMILES string of the molecule is CC(O)(C(O)C=O)C(OC1OC(CO)C(NC2C=C(CO)C(O)C(O)C2O)C(O)C1O)C(O)CO. The number of aliphatic hydroxyl groups excluding tert-OH is 10. The van der Waals surface area contributed by atoms with Gasteiger partial charge in [0.2, 0.25) is 0 Å². The van der Waals surface area contributed by atoms with Gasteiger partial charge in [0.05, 0.1) is 31.9 Å². The fourth-order valence-corrected chi connectivity index (χ4v) is 4.13. The Bertz CT molecular complexity index is 720. The van der Waals surface area contributed by atoms with Crippen molar-refractivity contribution in [3.63, 3.8) is 0 Å². The van der Waals surface area contributed by atoms with Crippen molar-refractivity contribution in [2.45, 2.75) is 85.8 Å². The molecule has 35 heavy (non-hydrogen) atoms. The minimum atomic E-state index is -2.48. The fraction of sp³-hybridized carbons (Fsp3) is 0.850. The molecule has 0 spiro atoms. The van der Waals surface area contributed by atoms with Gasteiger partial charge in [-0.15, -0.1) is 0 Å². The van der Waals surface area contributed by atoms with E-state index < -0.39 is 98.7 Å². The zero-order valence-electron chi connectivity index (χ0n) is 18.8. The van der Waals surface area contributed by atoms with Crippen LogP contribution in [-0.2, 0) is 14.3 Å². The molecule has 0 aromatic carbocycles. The van der Waals surface area contributed by atoms with Crippen LogP contribution in [0.3, 0.4) is 0 Å². The molecule has 204 valence electrons. The monoisotopic (exact) mass is 513 g/mol. The predicted octanol–water partition coefficient (Wildman–Crippen LogP) is -7.18. The molecule has 15 nitrogen and oxygen atoms in total. The van der Waals surface area contributed by atoms with E-state index in [1.165, 1.54) is 6.08 Å². The summed E-state index contributed by atoms with van der Waals surface area (Å²) in [4.78, 5) is 11.0. The van der Waals surface area contributed by atoms with Gasteiger partial charge < -0.3 is 75.8 Å². The predicted molar refractivity (Wildman–Crippen MR) is 112 cm³/mol. The van der Waals surface area contributed by atoms with Crippen LogP contribution in [0, 0.1) is 0 Å². The first-order valence-corrected chi connectivity index (χ1v) is 10.9. The van der Waals surface area contributed by atoms with E-state index in [0.29, 0.717) is 0 Å². The molecule has 1 fully saturated rings. The molecule has 2 rings (SSSR count). The third-order valence-electron chi connectivity index (χ3n) is 6.39. The van der Waals surface area contributed by atoms with Crippen molar-refractivity contribution in [1.29, 1.82) is 0 Å². The molecule has 12 N–H and O–H groups in total. The number of carbonyl (C=O) groups excluding carboxylic acids is 1. The maximum Gasteiger partial charge on any atom is 0.187 e. The summed E-state index contributed by atoms with van der Waals surface area (Å²) in [5, 5.41) is 113. The average molecular weight is 513 g/mol. The summed E-state index contributed by atoms with van der Waals surface area (Å²) in [6.45, 7) is -1.49. The van der Waals surface area contributed by atoms with Gasteiger partial charge in [0.15, 0.2) is 12.6 Å². The second-order valence-electron chi connectivity index (χ2n) is 8.86. The van der Waals surface area contributed by atoms with Crippen molar-refractivity contribution in [2.24, 2.45) is 0 Å². The Kier molecular flexibility index (Phi) is 10.7. The first kappa shape index (κ1) is 30.1. The summed E-state index contributed by atoms with van der Waals surface area (Å²) in [5.41, 5.74) is -2.50. The molecule has 0 saturated carbocycles. The van der Waals surface area contributed by atoms with Crippen LogP contribution < -0.4 is 5.32 Å². The van der Waals surface area contributed by atoms with Crippen molar-refractivity contribution in [2.75, 3.05) is 19.8 Å².